The van der Waals surface area contributed by atoms with Crippen LogP contribution in [0.2, 0.25) is 0 Å². The molecule has 2 heterocycles. The van der Waals surface area contributed by atoms with E-state index in [1.165, 1.54) is 26.2 Å². The van der Waals surface area contributed by atoms with Crippen LogP contribution in [0, 0.1) is 0 Å². The summed E-state index contributed by atoms with van der Waals surface area (Å²) in [4.78, 5) is 37.0. The number of alkyl halides is 3. The first-order chi connectivity index (χ1) is 12.9. The molecule has 1 atom stereocenters. The van der Waals surface area contributed by atoms with Gasteiger partial charge in [0.25, 0.3) is 5.56 Å². The molecule has 7 nitrogen and oxygen atoms in total. The molecule has 1 aliphatic rings. The molecule has 2 aromatic rings. The number of halogens is 4. The average Bonchev–Trinajstić information content (AvgIpc) is 2.98. The third-order valence-electron chi connectivity index (χ3n) is 4.49. The van der Waals surface area contributed by atoms with E-state index in [-0.39, 0.29) is 17.9 Å². The lowest BCUT2D eigenvalue weighted by molar-refractivity contribution is -0.156. The van der Waals surface area contributed by atoms with E-state index in [0.29, 0.717) is 25.2 Å². The number of aromatic nitrogens is 2. The van der Waals surface area contributed by atoms with E-state index in [1.54, 1.807) is 0 Å². The van der Waals surface area contributed by atoms with E-state index in [0.717, 1.165) is 7.05 Å². The Morgan fingerprint density at radius 3 is 2.54 bits per heavy atom. The summed E-state index contributed by atoms with van der Waals surface area (Å²) in [5.41, 5.74) is -4.72. The minimum absolute atomic E-state index is 0.0428. The van der Waals surface area contributed by atoms with Gasteiger partial charge in [-0.2, -0.15) is 13.2 Å². The van der Waals surface area contributed by atoms with Crippen LogP contribution in [0.3, 0.4) is 0 Å². The Labute approximate surface area is 164 Å². The third-order valence-corrected chi connectivity index (χ3v) is 5.24. The Balaban J connectivity index is 2.27. The van der Waals surface area contributed by atoms with Gasteiger partial charge in [-0.3, -0.25) is 9.36 Å². The molecule has 0 saturated heterocycles. The topological polar surface area (TPSA) is 79.5 Å². The molecule has 0 fully saturated rings. The Hall–Kier alpha value is -2.56. The zero-order valence-corrected chi connectivity index (χ0v) is 16.5. The van der Waals surface area contributed by atoms with Crippen LogP contribution in [0.4, 0.5) is 13.2 Å². The molecule has 0 radical (unpaired) electrons. The number of esters is 1. The fraction of sp³-hybridized carbons (Fsp3) is 0.353. The van der Waals surface area contributed by atoms with Gasteiger partial charge in [-0.15, -0.1) is 0 Å². The number of carbonyl (C=O) groups excluding carboxylic acids is 1. The Kier molecular flexibility index (Phi) is 4.69. The minimum atomic E-state index is -4.87. The molecule has 28 heavy (non-hydrogen) atoms. The molecule has 150 valence electrons. The molecule has 11 heteroatoms. The maximum absolute atomic E-state index is 13.1. The van der Waals surface area contributed by atoms with E-state index in [9.17, 15) is 27.6 Å². The van der Waals surface area contributed by atoms with Gasteiger partial charge in [0.1, 0.15) is 11.4 Å². The summed E-state index contributed by atoms with van der Waals surface area (Å²) < 4.78 is 51.1. The summed E-state index contributed by atoms with van der Waals surface area (Å²) in [5.74, 6) is -0.629. The zero-order valence-electron chi connectivity index (χ0n) is 14.9. The fourth-order valence-electron chi connectivity index (χ4n) is 3.09. The van der Waals surface area contributed by atoms with Crippen LogP contribution in [0.15, 0.2) is 32.3 Å². The number of hydrogen-bond acceptors (Lipinski definition) is 5. The molecule has 0 bridgehead atoms. The van der Waals surface area contributed by atoms with Crippen LogP contribution in [0.5, 0.6) is 5.75 Å². The summed E-state index contributed by atoms with van der Waals surface area (Å²) in [6.45, 7) is 1.47. The molecule has 0 aliphatic carbocycles. The summed E-state index contributed by atoms with van der Waals surface area (Å²) in [6, 6.07) is 3.20. The number of ether oxygens (including phenoxy) is 2. The predicted octanol–water partition coefficient (Wildman–Crippen LogP) is 2.18. The zero-order chi connectivity index (χ0) is 21.0. The highest BCUT2D eigenvalue weighted by Crippen LogP contribution is 2.43. The van der Waals surface area contributed by atoms with Gasteiger partial charge in [0.2, 0.25) is 5.60 Å². The number of carbonyl (C=O) groups is 1. The number of nitrogens with zero attached hydrogens (tertiary/aromatic N) is 2. The molecule has 1 aliphatic heterocycles. The number of methoxy groups -OCH3 is 1. The molecule has 0 amide bonds. The van der Waals surface area contributed by atoms with Crippen molar-refractivity contribution in [3.8, 4) is 11.4 Å². The minimum Gasteiger partial charge on any atom is -0.473 e. The second kappa shape index (κ2) is 6.50. The van der Waals surface area contributed by atoms with Crippen LogP contribution < -0.4 is 16.0 Å². The summed E-state index contributed by atoms with van der Waals surface area (Å²) in [6.07, 6.45) is -4.78. The standard InChI is InChI=1S/C17H14BrF3N2O5/c1-16(14(25)27-3)7-8-9(18)4-5-10(13(8)28-16)23-12(24)6-11(17(19,20)21)22(2)15(23)26/h4-6H,7H2,1-3H3. The van der Waals surface area contributed by atoms with Crippen molar-refractivity contribution < 1.29 is 27.4 Å². The molecule has 1 unspecified atom stereocenters. The Morgan fingerprint density at radius 1 is 1.32 bits per heavy atom. The fourth-order valence-corrected chi connectivity index (χ4v) is 3.55. The normalized spacial score (nSPS) is 18.5. The smallest absolute Gasteiger partial charge is 0.431 e. The van der Waals surface area contributed by atoms with Crippen molar-refractivity contribution in [1.82, 2.24) is 9.13 Å². The van der Waals surface area contributed by atoms with Gasteiger partial charge in [-0.05, 0) is 19.1 Å². The summed E-state index contributed by atoms with van der Waals surface area (Å²) in [5, 5.41) is 0. The number of hydrogen-bond donors (Lipinski definition) is 0. The quantitative estimate of drug-likeness (QED) is 0.639. The highest BCUT2D eigenvalue weighted by molar-refractivity contribution is 9.10. The third kappa shape index (κ3) is 3.03. The first kappa shape index (κ1) is 20.2. The van der Waals surface area contributed by atoms with Crippen molar-refractivity contribution in [1.29, 1.82) is 0 Å². The summed E-state index contributed by atoms with van der Waals surface area (Å²) in [7, 11) is 2.10. The number of benzene rings is 1. The van der Waals surface area contributed by atoms with Crippen molar-refractivity contribution in [2.24, 2.45) is 7.05 Å². The molecule has 0 saturated carbocycles. The van der Waals surface area contributed by atoms with Gasteiger partial charge in [-0.25, -0.2) is 14.2 Å². The lowest BCUT2D eigenvalue weighted by Crippen LogP contribution is -2.42. The SMILES string of the molecule is COC(=O)C1(C)Cc2c(Br)ccc(-n3c(=O)cc(C(F)(F)F)n(C)c3=O)c2O1. The van der Waals surface area contributed by atoms with Crippen molar-refractivity contribution in [2.75, 3.05) is 7.11 Å². The maximum atomic E-state index is 13.1. The van der Waals surface area contributed by atoms with Gasteiger partial charge in [0.15, 0.2) is 0 Å². The van der Waals surface area contributed by atoms with Crippen molar-refractivity contribution in [2.45, 2.75) is 25.1 Å². The average molecular weight is 463 g/mol. The molecular weight excluding hydrogens is 449 g/mol. The van der Waals surface area contributed by atoms with Gasteiger partial charge in [0, 0.05) is 29.6 Å². The van der Waals surface area contributed by atoms with E-state index in [1.807, 2.05) is 0 Å². The van der Waals surface area contributed by atoms with E-state index in [2.05, 4.69) is 15.9 Å². The predicted molar refractivity (Wildman–Crippen MR) is 94.7 cm³/mol. The second-order valence-corrected chi connectivity index (χ2v) is 7.27. The second-order valence-electron chi connectivity index (χ2n) is 6.42. The van der Waals surface area contributed by atoms with Gasteiger partial charge in [-0.1, -0.05) is 15.9 Å². The Bertz CT molecular complexity index is 1110. The summed E-state index contributed by atoms with van der Waals surface area (Å²) >= 11 is 3.31. The van der Waals surface area contributed by atoms with Crippen LogP contribution in [0.1, 0.15) is 18.2 Å². The van der Waals surface area contributed by atoms with Crippen LogP contribution >= 0.6 is 15.9 Å². The lowest BCUT2D eigenvalue weighted by atomic mass is 9.99. The van der Waals surface area contributed by atoms with E-state index in [4.69, 9.17) is 9.47 Å². The number of rotatable bonds is 2. The molecule has 0 N–H and O–H groups in total. The van der Waals surface area contributed by atoms with Gasteiger partial charge in [0.05, 0.1) is 12.8 Å². The first-order valence-corrected chi connectivity index (χ1v) is 8.69. The Morgan fingerprint density at radius 2 is 1.96 bits per heavy atom. The van der Waals surface area contributed by atoms with E-state index >= 15 is 0 Å². The first-order valence-electron chi connectivity index (χ1n) is 7.90. The number of fused-ring (bicyclic) bond motifs is 1. The highest BCUT2D eigenvalue weighted by atomic mass is 79.9. The molecule has 1 aromatic heterocycles. The molecule has 1 aromatic carbocycles. The largest absolute Gasteiger partial charge is 0.473 e. The van der Waals surface area contributed by atoms with Gasteiger partial charge >= 0.3 is 17.8 Å². The molecule has 0 spiro atoms. The van der Waals surface area contributed by atoms with E-state index < -0.39 is 34.7 Å². The van der Waals surface area contributed by atoms with Crippen molar-refractivity contribution >= 4 is 21.9 Å². The van der Waals surface area contributed by atoms with Crippen molar-refractivity contribution in [3.05, 3.63) is 54.8 Å². The molecule has 3 rings (SSSR count). The lowest BCUT2D eigenvalue weighted by Gasteiger charge is -2.21. The highest BCUT2D eigenvalue weighted by Gasteiger charge is 2.45. The van der Waals surface area contributed by atoms with Crippen LogP contribution in [-0.4, -0.2) is 27.8 Å². The van der Waals surface area contributed by atoms with Gasteiger partial charge < -0.3 is 9.47 Å². The van der Waals surface area contributed by atoms with Crippen LogP contribution in [0.25, 0.3) is 5.69 Å². The van der Waals surface area contributed by atoms with Crippen molar-refractivity contribution in [3.63, 3.8) is 0 Å². The molecular formula is C17H14BrF3N2O5. The maximum Gasteiger partial charge on any atom is 0.431 e. The monoisotopic (exact) mass is 462 g/mol. The van der Waals surface area contributed by atoms with Crippen LogP contribution in [-0.2, 0) is 29.2 Å².